The van der Waals surface area contributed by atoms with E-state index in [2.05, 4.69) is 0 Å². The first kappa shape index (κ1) is 11.6. The quantitative estimate of drug-likeness (QED) is 0.795. The maximum absolute atomic E-state index is 13.1. The lowest BCUT2D eigenvalue weighted by atomic mass is 10.0. The first-order valence-corrected chi connectivity index (χ1v) is 4.41. The minimum Gasteiger partial charge on any atom is -0.481 e. The summed E-state index contributed by atoms with van der Waals surface area (Å²) in [6.45, 7) is 0. The van der Waals surface area contributed by atoms with Crippen LogP contribution in [0.3, 0.4) is 0 Å². The summed E-state index contributed by atoms with van der Waals surface area (Å²) >= 11 is 0. The fraction of sp³-hybridized carbons (Fsp3) is 0.300. The zero-order chi connectivity index (χ0) is 11.4. The summed E-state index contributed by atoms with van der Waals surface area (Å²) in [6, 6.07) is 2.70. The van der Waals surface area contributed by atoms with Crippen LogP contribution in [0, 0.1) is 11.6 Å². The molecule has 0 aliphatic rings. The number of hydrogen-bond donors (Lipinski definition) is 2. The summed E-state index contributed by atoms with van der Waals surface area (Å²) in [5.41, 5.74) is 5.27. The lowest BCUT2D eigenvalue weighted by molar-refractivity contribution is -0.137. The molecule has 5 heteroatoms. The van der Waals surface area contributed by atoms with Gasteiger partial charge in [0.25, 0.3) is 0 Å². The number of hydrogen-bond acceptors (Lipinski definition) is 2. The molecule has 0 saturated heterocycles. The van der Waals surface area contributed by atoms with E-state index in [1.807, 2.05) is 0 Å². The van der Waals surface area contributed by atoms with E-state index >= 15 is 0 Å². The van der Waals surface area contributed by atoms with E-state index in [0.717, 1.165) is 12.1 Å². The molecule has 82 valence electrons. The van der Waals surface area contributed by atoms with E-state index in [1.54, 1.807) is 0 Å². The summed E-state index contributed by atoms with van der Waals surface area (Å²) in [7, 11) is 0. The molecule has 0 radical (unpaired) electrons. The molecule has 0 aliphatic carbocycles. The average molecular weight is 215 g/mol. The molecule has 3 N–H and O–H groups in total. The van der Waals surface area contributed by atoms with Crippen molar-refractivity contribution in [3.05, 3.63) is 35.4 Å². The summed E-state index contributed by atoms with van der Waals surface area (Å²) in [5, 5.41) is 8.43. The highest BCUT2D eigenvalue weighted by atomic mass is 19.1. The van der Waals surface area contributed by atoms with Crippen molar-refractivity contribution in [3.8, 4) is 0 Å². The molecule has 1 aromatic rings. The first-order chi connectivity index (χ1) is 7.00. The number of benzene rings is 1. The summed E-state index contributed by atoms with van der Waals surface area (Å²) in [5.74, 6) is -2.48. The Kier molecular flexibility index (Phi) is 3.74. The zero-order valence-electron chi connectivity index (χ0n) is 7.91. The molecule has 0 saturated carbocycles. The molecule has 0 fully saturated rings. The molecule has 0 aromatic heterocycles. The molecular formula is C10H11F2NO2. The van der Waals surface area contributed by atoms with E-state index in [4.69, 9.17) is 10.8 Å². The SMILES string of the molecule is NC(CC(=O)O)Cc1c(F)cccc1F. The van der Waals surface area contributed by atoms with Gasteiger partial charge in [0, 0.05) is 11.6 Å². The van der Waals surface area contributed by atoms with Gasteiger partial charge in [0.05, 0.1) is 6.42 Å². The monoisotopic (exact) mass is 215 g/mol. The second kappa shape index (κ2) is 4.84. The minimum absolute atomic E-state index is 0.120. The smallest absolute Gasteiger partial charge is 0.304 e. The Morgan fingerprint density at radius 2 is 1.93 bits per heavy atom. The van der Waals surface area contributed by atoms with Crippen molar-refractivity contribution >= 4 is 5.97 Å². The molecular weight excluding hydrogens is 204 g/mol. The highest BCUT2D eigenvalue weighted by Gasteiger charge is 2.14. The lowest BCUT2D eigenvalue weighted by Gasteiger charge is -2.10. The van der Waals surface area contributed by atoms with Gasteiger partial charge in [0.1, 0.15) is 11.6 Å². The summed E-state index contributed by atoms with van der Waals surface area (Å²) in [6.07, 6.45) is -0.432. The molecule has 3 nitrogen and oxygen atoms in total. The topological polar surface area (TPSA) is 63.3 Å². The van der Waals surface area contributed by atoms with Crippen molar-refractivity contribution in [1.82, 2.24) is 0 Å². The maximum Gasteiger partial charge on any atom is 0.304 e. The molecule has 0 amide bonds. The predicted molar refractivity (Wildman–Crippen MR) is 50.3 cm³/mol. The van der Waals surface area contributed by atoms with Gasteiger partial charge in [-0.3, -0.25) is 4.79 Å². The Labute approximate surface area is 85.5 Å². The average Bonchev–Trinajstić information content (AvgIpc) is 2.10. The Bertz CT molecular complexity index is 348. The summed E-state index contributed by atoms with van der Waals surface area (Å²) in [4.78, 5) is 10.3. The molecule has 1 unspecified atom stereocenters. The molecule has 1 atom stereocenters. The standard InChI is InChI=1S/C10H11F2NO2/c11-8-2-1-3-9(12)7(8)4-6(13)5-10(14)15/h1-3,6H,4-5,13H2,(H,14,15). The van der Waals surface area contributed by atoms with Crippen LogP contribution in [0.5, 0.6) is 0 Å². The van der Waals surface area contributed by atoms with Gasteiger partial charge in [0.2, 0.25) is 0 Å². The van der Waals surface area contributed by atoms with Crippen LogP contribution in [-0.2, 0) is 11.2 Å². The van der Waals surface area contributed by atoms with Gasteiger partial charge in [-0.15, -0.1) is 0 Å². The molecule has 0 bridgehead atoms. The fourth-order valence-corrected chi connectivity index (χ4v) is 1.29. The number of rotatable bonds is 4. The predicted octanol–water partition coefficient (Wildman–Crippen LogP) is 1.31. The van der Waals surface area contributed by atoms with Crippen LogP contribution in [0.15, 0.2) is 18.2 Å². The molecule has 0 aliphatic heterocycles. The Hall–Kier alpha value is -1.49. The van der Waals surface area contributed by atoms with Crippen molar-refractivity contribution in [3.63, 3.8) is 0 Å². The Balaban J connectivity index is 2.76. The number of halogens is 2. The van der Waals surface area contributed by atoms with Crippen LogP contribution in [0.1, 0.15) is 12.0 Å². The minimum atomic E-state index is -1.08. The zero-order valence-corrected chi connectivity index (χ0v) is 7.91. The third-order valence-electron chi connectivity index (χ3n) is 1.96. The maximum atomic E-state index is 13.1. The number of carboxylic acids is 1. The second-order valence-corrected chi connectivity index (χ2v) is 3.26. The van der Waals surface area contributed by atoms with Crippen molar-refractivity contribution in [2.75, 3.05) is 0 Å². The van der Waals surface area contributed by atoms with Crippen molar-refractivity contribution in [2.45, 2.75) is 18.9 Å². The van der Waals surface area contributed by atoms with Crippen LogP contribution in [0.25, 0.3) is 0 Å². The van der Waals surface area contributed by atoms with Crippen LogP contribution >= 0.6 is 0 Å². The molecule has 0 spiro atoms. The van der Waals surface area contributed by atoms with Crippen LogP contribution in [0.2, 0.25) is 0 Å². The number of nitrogens with two attached hydrogens (primary N) is 1. The largest absolute Gasteiger partial charge is 0.481 e. The first-order valence-electron chi connectivity index (χ1n) is 4.41. The van der Waals surface area contributed by atoms with E-state index in [0.29, 0.717) is 0 Å². The van der Waals surface area contributed by atoms with E-state index < -0.39 is 23.6 Å². The number of carbonyl (C=O) groups is 1. The fourth-order valence-electron chi connectivity index (χ4n) is 1.29. The van der Waals surface area contributed by atoms with Crippen molar-refractivity contribution < 1.29 is 18.7 Å². The van der Waals surface area contributed by atoms with Crippen LogP contribution in [0.4, 0.5) is 8.78 Å². The van der Waals surface area contributed by atoms with Gasteiger partial charge in [-0.05, 0) is 18.6 Å². The van der Waals surface area contributed by atoms with Gasteiger partial charge in [-0.2, -0.15) is 0 Å². The third-order valence-corrected chi connectivity index (χ3v) is 1.96. The molecule has 1 rings (SSSR count). The van der Waals surface area contributed by atoms with Crippen molar-refractivity contribution in [2.24, 2.45) is 5.73 Å². The van der Waals surface area contributed by atoms with E-state index in [-0.39, 0.29) is 18.4 Å². The normalized spacial score (nSPS) is 12.5. The van der Waals surface area contributed by atoms with E-state index in [9.17, 15) is 13.6 Å². The second-order valence-electron chi connectivity index (χ2n) is 3.26. The van der Waals surface area contributed by atoms with Gasteiger partial charge in [0.15, 0.2) is 0 Å². The Morgan fingerprint density at radius 1 is 1.40 bits per heavy atom. The van der Waals surface area contributed by atoms with E-state index in [1.165, 1.54) is 6.07 Å². The molecule has 1 aromatic carbocycles. The van der Waals surface area contributed by atoms with Gasteiger partial charge in [-0.1, -0.05) is 6.07 Å². The highest BCUT2D eigenvalue weighted by molar-refractivity contribution is 5.67. The number of carboxylic acid groups (broad SMARTS) is 1. The number of aliphatic carboxylic acids is 1. The van der Waals surface area contributed by atoms with Crippen molar-refractivity contribution in [1.29, 1.82) is 0 Å². The molecule has 15 heavy (non-hydrogen) atoms. The summed E-state index contributed by atoms with van der Waals surface area (Å²) < 4.78 is 26.2. The highest BCUT2D eigenvalue weighted by Crippen LogP contribution is 2.14. The van der Waals surface area contributed by atoms with Gasteiger partial charge >= 0.3 is 5.97 Å². The lowest BCUT2D eigenvalue weighted by Crippen LogP contribution is -2.27. The van der Waals surface area contributed by atoms with Crippen LogP contribution in [-0.4, -0.2) is 17.1 Å². The van der Waals surface area contributed by atoms with Crippen LogP contribution < -0.4 is 5.73 Å². The van der Waals surface area contributed by atoms with Gasteiger partial charge in [-0.25, -0.2) is 8.78 Å². The molecule has 0 heterocycles. The van der Waals surface area contributed by atoms with Gasteiger partial charge < -0.3 is 10.8 Å². The third kappa shape index (κ3) is 3.28. The Morgan fingerprint density at radius 3 is 2.40 bits per heavy atom.